The van der Waals surface area contributed by atoms with Gasteiger partial charge in [-0.1, -0.05) is 28.9 Å². The van der Waals surface area contributed by atoms with Crippen molar-refractivity contribution >= 4 is 33.7 Å². The van der Waals surface area contributed by atoms with Gasteiger partial charge in [-0.05, 0) is 24.6 Å². The van der Waals surface area contributed by atoms with Crippen molar-refractivity contribution in [1.82, 2.24) is 25.4 Å². The fourth-order valence-corrected chi connectivity index (χ4v) is 4.66. The summed E-state index contributed by atoms with van der Waals surface area (Å²) < 4.78 is 30.8. The topological polar surface area (TPSA) is 131 Å². The molecule has 2 atom stereocenters. The van der Waals surface area contributed by atoms with Gasteiger partial charge in [0, 0.05) is 36.2 Å². The Kier molecular flexibility index (Phi) is 9.00. The van der Waals surface area contributed by atoms with Gasteiger partial charge in [-0.15, -0.1) is 0 Å². The minimum absolute atomic E-state index is 0.148. The van der Waals surface area contributed by atoms with Crippen LogP contribution in [0.2, 0.25) is 0 Å². The van der Waals surface area contributed by atoms with Crippen LogP contribution in [0, 0.1) is 5.82 Å². The average molecular weight is 579 g/mol. The van der Waals surface area contributed by atoms with Gasteiger partial charge in [0.1, 0.15) is 30.9 Å². The number of ether oxygens (including phenoxy) is 3. The van der Waals surface area contributed by atoms with Crippen molar-refractivity contribution in [2.24, 2.45) is 4.99 Å². The highest BCUT2D eigenvalue weighted by Crippen LogP contribution is 2.36. The molecule has 1 saturated heterocycles. The Bertz CT molecular complexity index is 1190. The number of aromatic nitrogens is 3. The highest BCUT2D eigenvalue weighted by molar-refractivity contribution is 9.10. The quantitative estimate of drug-likeness (QED) is 0.430. The van der Waals surface area contributed by atoms with E-state index in [0.717, 1.165) is 0 Å². The number of hydrogen-bond acceptors (Lipinski definition) is 10. The maximum absolute atomic E-state index is 13.9. The number of esters is 2. The summed E-state index contributed by atoms with van der Waals surface area (Å²) in [5.41, 5.74) is 1.44. The fourth-order valence-electron chi connectivity index (χ4n) is 4.09. The lowest BCUT2D eigenvalue weighted by atomic mass is 9.95. The summed E-state index contributed by atoms with van der Waals surface area (Å²) >= 11 is 3.42. The minimum Gasteiger partial charge on any atom is -0.463 e. The Hall–Kier alpha value is -3.16. The van der Waals surface area contributed by atoms with E-state index in [4.69, 9.17) is 19.2 Å². The third kappa shape index (κ3) is 6.59. The van der Waals surface area contributed by atoms with Gasteiger partial charge in [-0.25, -0.2) is 14.2 Å². The Morgan fingerprint density at radius 1 is 1.30 bits per heavy atom. The number of amidine groups is 1. The van der Waals surface area contributed by atoms with Crippen LogP contribution in [-0.4, -0.2) is 83.4 Å². The Labute approximate surface area is 221 Å². The second-order valence-electron chi connectivity index (χ2n) is 8.37. The summed E-state index contributed by atoms with van der Waals surface area (Å²) in [5.74, 6) is -0.581. The first kappa shape index (κ1) is 26.9. The van der Waals surface area contributed by atoms with E-state index in [1.807, 2.05) is 0 Å². The lowest BCUT2D eigenvalue weighted by Gasteiger charge is -2.35. The van der Waals surface area contributed by atoms with E-state index in [9.17, 15) is 14.0 Å². The lowest BCUT2D eigenvalue weighted by Crippen LogP contribution is -2.48. The van der Waals surface area contributed by atoms with E-state index in [-0.39, 0.29) is 25.3 Å². The SMILES string of the molecule is CCOC(=O)C1=C(CN2CCOC(COC(=O)CC)C2)NC(c2nc[nH]n2)=NC1c1ccc(F)cc1Br. The van der Waals surface area contributed by atoms with Crippen LogP contribution >= 0.6 is 15.9 Å². The minimum atomic E-state index is -0.805. The highest BCUT2D eigenvalue weighted by atomic mass is 79.9. The van der Waals surface area contributed by atoms with Crippen molar-refractivity contribution < 1.29 is 28.2 Å². The van der Waals surface area contributed by atoms with Crippen LogP contribution in [0.1, 0.15) is 37.7 Å². The van der Waals surface area contributed by atoms with E-state index >= 15 is 0 Å². The number of hydrogen-bond donors (Lipinski definition) is 2. The fraction of sp³-hybridized carbons (Fsp3) is 0.458. The number of carbonyl (C=O) groups is 2. The number of aromatic amines is 1. The molecule has 13 heteroatoms. The molecule has 4 rings (SSSR count). The maximum atomic E-state index is 13.9. The number of aliphatic imine (C=N–C) groups is 1. The number of nitrogens with one attached hydrogen (secondary N) is 2. The van der Waals surface area contributed by atoms with Crippen molar-refractivity contribution in [3.63, 3.8) is 0 Å². The first-order chi connectivity index (χ1) is 17.9. The molecule has 0 radical (unpaired) electrons. The molecule has 0 bridgehead atoms. The molecular formula is C24H28BrFN6O5. The summed E-state index contributed by atoms with van der Waals surface area (Å²) in [7, 11) is 0. The molecule has 2 aliphatic heterocycles. The van der Waals surface area contributed by atoms with E-state index in [0.29, 0.717) is 65.6 Å². The molecule has 0 spiro atoms. The Morgan fingerprint density at radius 2 is 2.14 bits per heavy atom. The predicted octanol–water partition coefficient (Wildman–Crippen LogP) is 2.27. The summed E-state index contributed by atoms with van der Waals surface area (Å²) in [5, 5.41) is 10.0. The largest absolute Gasteiger partial charge is 0.463 e. The van der Waals surface area contributed by atoms with Crippen LogP contribution in [0.25, 0.3) is 0 Å². The molecule has 2 N–H and O–H groups in total. The molecule has 1 aromatic carbocycles. The second kappa shape index (κ2) is 12.4. The average Bonchev–Trinajstić information content (AvgIpc) is 3.42. The smallest absolute Gasteiger partial charge is 0.338 e. The molecule has 0 aliphatic carbocycles. The first-order valence-corrected chi connectivity index (χ1v) is 12.7. The van der Waals surface area contributed by atoms with Crippen LogP contribution in [0.15, 0.2) is 45.3 Å². The summed E-state index contributed by atoms with van der Waals surface area (Å²) in [6.07, 6.45) is 1.42. The number of benzene rings is 1. The standard InChI is InChI=1S/C24H28BrFN6O5/c1-3-19(33)37-12-15-10-32(7-8-36-15)11-18-20(24(34)35-4-2)21(16-6-5-14(26)9-17(16)25)30-23(29-18)22-27-13-28-31-22/h5-6,9,13,15,21H,3-4,7-8,10-12H2,1-2H3,(H,29,30)(H,27,28,31). The van der Waals surface area contributed by atoms with E-state index in [2.05, 4.69) is 41.3 Å². The monoisotopic (exact) mass is 578 g/mol. The van der Waals surface area contributed by atoms with Gasteiger partial charge in [0.25, 0.3) is 0 Å². The van der Waals surface area contributed by atoms with Gasteiger partial charge < -0.3 is 19.5 Å². The van der Waals surface area contributed by atoms with Gasteiger partial charge in [-0.3, -0.25) is 19.8 Å². The molecule has 0 saturated carbocycles. The van der Waals surface area contributed by atoms with Crippen LogP contribution < -0.4 is 5.32 Å². The van der Waals surface area contributed by atoms with Gasteiger partial charge in [-0.2, -0.15) is 5.10 Å². The zero-order valence-electron chi connectivity index (χ0n) is 20.5. The molecule has 2 aliphatic rings. The first-order valence-electron chi connectivity index (χ1n) is 11.9. The Balaban J connectivity index is 1.69. The molecule has 3 heterocycles. The van der Waals surface area contributed by atoms with Crippen LogP contribution in [0.4, 0.5) is 4.39 Å². The van der Waals surface area contributed by atoms with Crippen molar-refractivity contribution in [3.8, 4) is 0 Å². The van der Waals surface area contributed by atoms with E-state index in [1.165, 1.54) is 18.5 Å². The lowest BCUT2D eigenvalue weighted by molar-refractivity contribution is -0.150. The summed E-state index contributed by atoms with van der Waals surface area (Å²) in [6, 6.07) is 3.42. The van der Waals surface area contributed by atoms with Gasteiger partial charge >= 0.3 is 11.9 Å². The van der Waals surface area contributed by atoms with Crippen molar-refractivity contribution in [3.05, 3.63) is 57.5 Å². The molecule has 0 amide bonds. The molecule has 198 valence electrons. The van der Waals surface area contributed by atoms with Crippen molar-refractivity contribution in [1.29, 1.82) is 0 Å². The van der Waals surface area contributed by atoms with Crippen LogP contribution in [-0.2, 0) is 23.8 Å². The summed E-state index contributed by atoms with van der Waals surface area (Å²) in [6.45, 7) is 5.62. The number of halogens is 2. The second-order valence-corrected chi connectivity index (χ2v) is 9.23. The Morgan fingerprint density at radius 3 is 2.84 bits per heavy atom. The van der Waals surface area contributed by atoms with Crippen LogP contribution in [0.5, 0.6) is 0 Å². The third-order valence-electron chi connectivity index (χ3n) is 5.83. The highest BCUT2D eigenvalue weighted by Gasteiger charge is 2.35. The van der Waals surface area contributed by atoms with Crippen LogP contribution in [0.3, 0.4) is 0 Å². The van der Waals surface area contributed by atoms with E-state index in [1.54, 1.807) is 19.9 Å². The molecular weight excluding hydrogens is 551 g/mol. The van der Waals surface area contributed by atoms with Gasteiger partial charge in [0.2, 0.25) is 5.82 Å². The molecule has 37 heavy (non-hydrogen) atoms. The third-order valence-corrected chi connectivity index (χ3v) is 6.52. The molecule has 11 nitrogen and oxygen atoms in total. The molecule has 2 unspecified atom stereocenters. The molecule has 1 fully saturated rings. The molecule has 1 aromatic heterocycles. The number of H-pyrrole nitrogens is 1. The predicted molar refractivity (Wildman–Crippen MR) is 134 cm³/mol. The number of carbonyl (C=O) groups excluding carboxylic acids is 2. The van der Waals surface area contributed by atoms with Gasteiger partial charge in [0.05, 0.1) is 18.8 Å². The van der Waals surface area contributed by atoms with Crippen molar-refractivity contribution in [2.45, 2.75) is 32.4 Å². The number of morpholine rings is 1. The van der Waals surface area contributed by atoms with E-state index < -0.39 is 17.8 Å². The van der Waals surface area contributed by atoms with Gasteiger partial charge in [0.15, 0.2) is 5.84 Å². The zero-order chi connectivity index (χ0) is 26.4. The zero-order valence-corrected chi connectivity index (χ0v) is 22.1. The number of nitrogens with zero attached hydrogens (tertiary/aromatic N) is 4. The maximum Gasteiger partial charge on any atom is 0.338 e. The number of rotatable bonds is 9. The normalized spacial score (nSPS) is 20.3. The van der Waals surface area contributed by atoms with Crippen molar-refractivity contribution in [2.75, 3.05) is 39.5 Å². The summed E-state index contributed by atoms with van der Waals surface area (Å²) in [4.78, 5) is 35.9. The molecule has 2 aromatic rings.